The van der Waals surface area contributed by atoms with Crippen molar-refractivity contribution in [3.63, 3.8) is 0 Å². The van der Waals surface area contributed by atoms with E-state index in [1.807, 2.05) is 0 Å². The van der Waals surface area contributed by atoms with Crippen LogP contribution < -0.4 is 0 Å². The molecule has 0 aliphatic heterocycles. The Morgan fingerprint density at radius 2 is 0.455 bits per heavy atom. The fraction of sp³-hybridized carbons (Fsp3) is 0. The molecule has 0 spiro atoms. The molecule has 0 bridgehead atoms. The molecule has 11 heteroatoms. The van der Waals surface area contributed by atoms with Crippen LogP contribution in [0.15, 0.2) is 0 Å². The van der Waals surface area contributed by atoms with Gasteiger partial charge in [0.05, 0.1) is 0 Å². The maximum absolute atomic E-state index is 0. The molecule has 0 amide bonds. The second-order valence-corrected chi connectivity index (χ2v) is 0. The van der Waals surface area contributed by atoms with Gasteiger partial charge in [0, 0.05) is 0 Å². The minimum Gasteiger partial charge on any atom is -1.00 e. The third-order valence-electron chi connectivity index (χ3n) is 0. The summed E-state index contributed by atoms with van der Waals surface area (Å²) in [5, 5.41) is 0. The summed E-state index contributed by atoms with van der Waals surface area (Å²) in [6, 6.07) is 0. The molecular weight excluding hydrogens is 267 g/mol. The van der Waals surface area contributed by atoms with Gasteiger partial charge in [0.1, 0.15) is 0 Å². The first-order valence-electron chi connectivity index (χ1n) is 0. The molecule has 0 heterocycles. The predicted molar refractivity (Wildman–Crippen MR) is 59.4 cm³/mol. The van der Waals surface area contributed by atoms with Crippen LogP contribution in [0.4, 0.5) is 0 Å². The van der Waals surface area contributed by atoms with Gasteiger partial charge in [0.2, 0.25) is 0 Å². The summed E-state index contributed by atoms with van der Waals surface area (Å²) < 4.78 is 0. The third kappa shape index (κ3) is 204. The van der Waals surface area contributed by atoms with E-state index in [4.69, 9.17) is 0 Å². The summed E-state index contributed by atoms with van der Waals surface area (Å²) in [5.41, 5.74) is 0. The first kappa shape index (κ1) is 310. The van der Waals surface area contributed by atoms with Gasteiger partial charge >= 0.3 is 60.8 Å². The molecule has 0 aliphatic rings. The first-order chi connectivity index (χ1) is 0. The van der Waals surface area contributed by atoms with Crippen LogP contribution in [0.25, 0.3) is 0 Å². The zero-order valence-electron chi connectivity index (χ0n) is 9.64. The smallest absolute Gasteiger partial charge is 1.00 e. The van der Waals surface area contributed by atoms with E-state index < -0.39 is 0 Å². The van der Waals surface area contributed by atoms with Gasteiger partial charge in [-0.1, -0.05) is 0 Å². The van der Waals surface area contributed by atoms with Crippen molar-refractivity contribution in [2.24, 2.45) is 0 Å². The van der Waals surface area contributed by atoms with Gasteiger partial charge in [-0.05, 0) is 0 Å². The topological polar surface area (TPSA) is 189 Å². The zero-order chi connectivity index (χ0) is 0. The molecule has 12 N–H and O–H groups in total. The number of hydrogen-bond acceptors (Lipinski definition) is 0. The average Bonchev–Trinajstić information content (AvgIpc) is 0. The zero-order valence-corrected chi connectivity index (χ0v) is 11.7. The van der Waals surface area contributed by atoms with Gasteiger partial charge in [0.25, 0.3) is 0 Å². The van der Waals surface area contributed by atoms with Gasteiger partial charge in [-0.3, -0.25) is 0 Å². The molecule has 11 heavy (non-hydrogen) atoms. The van der Waals surface area contributed by atoms with Gasteiger partial charge in [-0.2, -0.15) is 0 Å². The van der Waals surface area contributed by atoms with Gasteiger partial charge < -0.3 is 38.6 Å². The van der Waals surface area contributed by atoms with Crippen LogP contribution in [-0.4, -0.2) is 93.6 Å². The molecule has 0 atom stereocenters. The van der Waals surface area contributed by atoms with Crippen LogP contribution >= 0.6 is 37.2 Å². The molecule has 0 saturated carbocycles. The summed E-state index contributed by atoms with van der Waals surface area (Å²) in [6.45, 7) is 0. The monoisotopic (exact) mass is 284 g/mol. The van der Waals surface area contributed by atoms with Crippen LogP contribution in [0.5, 0.6) is 0 Å². The van der Waals surface area contributed by atoms with E-state index in [2.05, 4.69) is 0 Å². The van der Waals surface area contributed by atoms with Crippen LogP contribution in [0.1, 0.15) is 5.71 Å². The molecule has 0 aromatic rings. The van der Waals surface area contributed by atoms with Crippen molar-refractivity contribution in [3.05, 3.63) is 0 Å². The maximum Gasteiger partial charge on any atom is 2.00 e. The van der Waals surface area contributed by atoms with E-state index >= 15 is 0 Å². The van der Waals surface area contributed by atoms with Crippen molar-refractivity contribution in [1.82, 2.24) is 0 Å². The summed E-state index contributed by atoms with van der Waals surface area (Å²) in [4.78, 5) is 0. The predicted octanol–water partition coefficient (Wildman–Crippen LogP) is -3.99. The normalized spacial score (nSPS) is 0. The Balaban J connectivity index is 0. The van der Waals surface area contributed by atoms with Crippen LogP contribution in [0.3, 0.4) is 0 Å². The summed E-state index contributed by atoms with van der Waals surface area (Å²) in [6.07, 6.45) is 0. The van der Waals surface area contributed by atoms with Crippen molar-refractivity contribution in [1.29, 1.82) is 0 Å². The fourth-order valence-electron chi connectivity index (χ4n) is 0. The molecule has 0 radical (unpaired) electrons. The summed E-state index contributed by atoms with van der Waals surface area (Å²) >= 11 is 0. The summed E-state index contributed by atoms with van der Waals surface area (Å²) in [5.74, 6) is 0. The Labute approximate surface area is 135 Å². The van der Waals surface area contributed by atoms with E-state index in [-0.39, 0.29) is 137 Å². The van der Waals surface area contributed by atoms with Gasteiger partial charge in [0.15, 0.2) is 0 Å². The molecule has 0 aliphatic carbocycles. The molecular formula is H19CaCl3MgO6. The molecule has 0 unspecified atom stereocenters. The van der Waals surface area contributed by atoms with Crippen LogP contribution in [-0.2, 0) is 0 Å². The van der Waals surface area contributed by atoms with Gasteiger partial charge in [-0.15, -0.1) is 37.2 Å². The second kappa shape index (κ2) is 244. The molecule has 80 valence electrons. The fourth-order valence-corrected chi connectivity index (χ4v) is 0. The Kier molecular flexibility index (Phi) is 6870. The Bertz CT molecular complexity index is 30.3. The Morgan fingerprint density at radius 3 is 0.455 bits per heavy atom. The summed E-state index contributed by atoms with van der Waals surface area (Å²) in [7, 11) is 0. The Morgan fingerprint density at radius 1 is 0.455 bits per heavy atom. The van der Waals surface area contributed by atoms with Crippen molar-refractivity contribution >= 4 is 98.0 Å². The van der Waals surface area contributed by atoms with Crippen molar-refractivity contribution in [2.75, 3.05) is 0 Å². The number of halogens is 3. The molecule has 6 nitrogen and oxygen atoms in total. The van der Waals surface area contributed by atoms with E-state index in [1.165, 1.54) is 0 Å². The van der Waals surface area contributed by atoms with Crippen molar-refractivity contribution in [2.45, 2.75) is 0 Å². The first-order valence-corrected chi connectivity index (χ1v) is 0. The minimum absolute atomic E-state index is 0. The van der Waals surface area contributed by atoms with Crippen LogP contribution in [0.2, 0.25) is 0 Å². The molecule has 0 rings (SSSR count). The quantitative estimate of drug-likeness (QED) is 0.392. The van der Waals surface area contributed by atoms with Gasteiger partial charge in [-0.25, -0.2) is 0 Å². The minimum atomic E-state index is 0. The number of hydrogen-bond donors (Lipinski definition) is 0. The second-order valence-electron chi connectivity index (χ2n) is 0. The maximum atomic E-state index is 0. The standard InChI is InChI=1S/Ca.3ClH.Mg.6H2O.4H/h;3*1H;;6*1H2;;;;/q+2;;;;+2;;;;;;;4*-1. The average molecular weight is 286 g/mol. The molecule has 0 fully saturated rings. The Hall–Kier alpha value is 2.66. The SMILES string of the molecule is Cl.Cl.Cl.O.O.O.O.O.O.[Ca+2].[H-].[H-].[H-].[H-].[Mg+2]. The molecule has 0 aromatic carbocycles. The van der Waals surface area contributed by atoms with E-state index in [1.54, 1.807) is 0 Å². The number of rotatable bonds is 0. The van der Waals surface area contributed by atoms with E-state index in [9.17, 15) is 0 Å². The van der Waals surface area contributed by atoms with E-state index in [0.717, 1.165) is 0 Å². The largest absolute Gasteiger partial charge is 2.00 e. The third-order valence-corrected chi connectivity index (χ3v) is 0. The van der Waals surface area contributed by atoms with Crippen LogP contribution in [0, 0.1) is 0 Å². The van der Waals surface area contributed by atoms with Crippen molar-refractivity contribution < 1.29 is 38.6 Å². The van der Waals surface area contributed by atoms with E-state index in [0.29, 0.717) is 0 Å². The molecule has 0 aromatic heterocycles. The van der Waals surface area contributed by atoms with Crippen molar-refractivity contribution in [3.8, 4) is 0 Å². The molecule has 0 saturated heterocycles.